The normalized spacial score (nSPS) is 13.0. The van der Waals surface area contributed by atoms with Crippen LogP contribution in [0.2, 0.25) is 0 Å². The first-order valence-electron chi connectivity index (χ1n) is 19.5. The number of fused-ring (bicyclic) bond motifs is 6. The highest BCUT2D eigenvalue weighted by Crippen LogP contribution is 2.53. The van der Waals surface area contributed by atoms with Crippen molar-refractivity contribution in [2.24, 2.45) is 0 Å². The molecule has 264 valence electrons. The Hall–Kier alpha value is -7.03. The van der Waals surface area contributed by atoms with E-state index in [1.807, 2.05) is 0 Å². The van der Waals surface area contributed by atoms with Crippen LogP contribution in [0.5, 0.6) is 0 Å². The molecule has 0 amide bonds. The third-order valence-corrected chi connectivity index (χ3v) is 12.0. The molecule has 1 aliphatic carbocycles. The van der Waals surface area contributed by atoms with Gasteiger partial charge in [-0.1, -0.05) is 166 Å². The summed E-state index contributed by atoms with van der Waals surface area (Å²) in [5.41, 5.74) is 16.9. The molecule has 0 saturated heterocycles. The lowest BCUT2D eigenvalue weighted by Gasteiger charge is -2.24. The SMILES string of the molecule is CC1(C)c2ccccc2-c2cc3c(-c4ccc(-c5ccccc5)cc4)c4ccccc4c(-c4cccc(-c5nc6ccccc6n5-c5ccccc5)c4)c3cc21. The van der Waals surface area contributed by atoms with E-state index in [9.17, 15) is 0 Å². The number of benzene rings is 9. The predicted molar refractivity (Wildman–Crippen MR) is 235 cm³/mol. The monoisotopic (exact) mass is 714 g/mol. The second kappa shape index (κ2) is 12.5. The molecule has 0 radical (unpaired) electrons. The zero-order valence-corrected chi connectivity index (χ0v) is 31.4. The van der Waals surface area contributed by atoms with Gasteiger partial charge in [-0.15, -0.1) is 0 Å². The van der Waals surface area contributed by atoms with E-state index in [0.717, 1.165) is 28.1 Å². The fourth-order valence-electron chi connectivity index (χ4n) is 9.32. The Balaban J connectivity index is 1.20. The van der Waals surface area contributed by atoms with Gasteiger partial charge in [-0.25, -0.2) is 4.98 Å². The lowest BCUT2D eigenvalue weighted by atomic mass is 9.79. The molecule has 0 saturated carbocycles. The van der Waals surface area contributed by atoms with Gasteiger partial charge in [0.25, 0.3) is 0 Å². The summed E-state index contributed by atoms with van der Waals surface area (Å²) in [5.74, 6) is 0.931. The van der Waals surface area contributed by atoms with E-state index in [4.69, 9.17) is 4.98 Å². The molecule has 2 nitrogen and oxygen atoms in total. The number of hydrogen-bond donors (Lipinski definition) is 0. The van der Waals surface area contributed by atoms with Gasteiger partial charge in [-0.3, -0.25) is 4.57 Å². The molecule has 0 bridgehead atoms. The zero-order chi connectivity index (χ0) is 37.4. The van der Waals surface area contributed by atoms with Gasteiger partial charge in [0.15, 0.2) is 0 Å². The molecule has 2 heteroatoms. The summed E-state index contributed by atoms with van der Waals surface area (Å²) in [7, 11) is 0. The Bertz CT molecular complexity index is 3130. The van der Waals surface area contributed by atoms with Crippen molar-refractivity contribution in [2.75, 3.05) is 0 Å². The van der Waals surface area contributed by atoms with Gasteiger partial charge in [-0.05, 0) is 120 Å². The molecule has 0 unspecified atom stereocenters. The third kappa shape index (κ3) is 4.92. The molecule has 1 heterocycles. The minimum atomic E-state index is -0.136. The van der Waals surface area contributed by atoms with Crippen LogP contribution in [0.15, 0.2) is 194 Å². The Kier molecular flexibility index (Phi) is 7.24. The van der Waals surface area contributed by atoms with Crippen LogP contribution in [-0.2, 0) is 5.41 Å². The van der Waals surface area contributed by atoms with Crippen LogP contribution in [0.3, 0.4) is 0 Å². The van der Waals surface area contributed by atoms with Crippen LogP contribution in [0.4, 0.5) is 0 Å². The lowest BCUT2D eigenvalue weighted by molar-refractivity contribution is 0.661. The molecule has 1 aliphatic rings. The van der Waals surface area contributed by atoms with Gasteiger partial charge in [0.1, 0.15) is 5.82 Å². The molecule has 0 atom stereocenters. The summed E-state index contributed by atoms with van der Waals surface area (Å²) in [6.45, 7) is 4.75. The molecule has 10 aromatic rings. The molecular formula is C54H38N2. The number of hydrogen-bond acceptors (Lipinski definition) is 1. The van der Waals surface area contributed by atoms with E-state index in [1.165, 1.54) is 77.2 Å². The smallest absolute Gasteiger partial charge is 0.145 e. The highest BCUT2D eigenvalue weighted by molar-refractivity contribution is 6.22. The van der Waals surface area contributed by atoms with Gasteiger partial charge >= 0.3 is 0 Å². The number of aromatic nitrogens is 2. The third-order valence-electron chi connectivity index (χ3n) is 12.0. The first-order chi connectivity index (χ1) is 27.5. The van der Waals surface area contributed by atoms with Crippen molar-refractivity contribution in [1.29, 1.82) is 0 Å². The van der Waals surface area contributed by atoms with Gasteiger partial charge in [-0.2, -0.15) is 0 Å². The average Bonchev–Trinajstić information content (AvgIpc) is 3.75. The largest absolute Gasteiger partial charge is 0.292 e. The summed E-state index contributed by atoms with van der Waals surface area (Å²) < 4.78 is 2.29. The van der Waals surface area contributed by atoms with Crippen molar-refractivity contribution in [2.45, 2.75) is 19.3 Å². The second-order valence-corrected chi connectivity index (χ2v) is 15.5. The van der Waals surface area contributed by atoms with E-state index < -0.39 is 0 Å². The fourth-order valence-corrected chi connectivity index (χ4v) is 9.32. The molecule has 9 aromatic carbocycles. The van der Waals surface area contributed by atoms with Gasteiger partial charge in [0.05, 0.1) is 11.0 Å². The lowest BCUT2D eigenvalue weighted by Crippen LogP contribution is -2.14. The number of rotatable bonds is 5. The summed E-state index contributed by atoms with van der Waals surface area (Å²) >= 11 is 0. The molecule has 1 aromatic heterocycles. The first kappa shape index (κ1) is 32.4. The van der Waals surface area contributed by atoms with Crippen LogP contribution in [0, 0.1) is 0 Å². The van der Waals surface area contributed by atoms with E-state index >= 15 is 0 Å². The highest BCUT2D eigenvalue weighted by Gasteiger charge is 2.36. The minimum absolute atomic E-state index is 0.136. The molecule has 11 rings (SSSR count). The Labute approximate surface area is 327 Å². The van der Waals surface area contributed by atoms with Crippen LogP contribution < -0.4 is 0 Å². The molecule has 0 spiro atoms. The Morgan fingerprint density at radius 1 is 0.393 bits per heavy atom. The zero-order valence-electron chi connectivity index (χ0n) is 31.4. The van der Waals surface area contributed by atoms with Crippen molar-refractivity contribution in [3.63, 3.8) is 0 Å². The molecule has 56 heavy (non-hydrogen) atoms. The quantitative estimate of drug-likeness (QED) is 0.162. The van der Waals surface area contributed by atoms with E-state index in [-0.39, 0.29) is 5.41 Å². The van der Waals surface area contributed by atoms with Gasteiger partial charge in [0, 0.05) is 16.7 Å². The maximum absolute atomic E-state index is 5.25. The summed E-state index contributed by atoms with van der Waals surface area (Å²) in [6, 6.07) is 70.8. The summed E-state index contributed by atoms with van der Waals surface area (Å²) in [4.78, 5) is 5.25. The number of para-hydroxylation sites is 3. The van der Waals surface area contributed by atoms with Crippen molar-refractivity contribution in [1.82, 2.24) is 9.55 Å². The maximum Gasteiger partial charge on any atom is 0.145 e. The van der Waals surface area contributed by atoms with Crippen LogP contribution >= 0.6 is 0 Å². The number of imidazole rings is 1. The Morgan fingerprint density at radius 3 is 1.75 bits per heavy atom. The second-order valence-electron chi connectivity index (χ2n) is 15.5. The summed E-state index contributed by atoms with van der Waals surface area (Å²) in [5, 5.41) is 5.01. The van der Waals surface area contributed by atoms with Crippen molar-refractivity contribution in [3.05, 3.63) is 205 Å². The van der Waals surface area contributed by atoms with Crippen LogP contribution in [0.25, 0.3) is 94.2 Å². The standard InChI is InChI=1S/C54H38N2/c1-54(2)47-25-12-11-22-41(47)44-33-45-46(34-48(44)54)52(43-24-10-9-23-42(43)51(45)37-30-28-36(29-31-37)35-16-5-3-6-17-35)38-18-15-19-39(32-38)53-55-49-26-13-14-27-50(49)56(53)40-20-7-4-8-21-40/h3-34H,1-2H3. The topological polar surface area (TPSA) is 17.8 Å². The first-order valence-corrected chi connectivity index (χ1v) is 19.5. The fraction of sp³-hybridized carbons (Fsp3) is 0.0556. The van der Waals surface area contributed by atoms with Crippen molar-refractivity contribution in [3.8, 4) is 61.6 Å². The van der Waals surface area contributed by atoms with Crippen molar-refractivity contribution >= 4 is 32.6 Å². The number of nitrogens with zero attached hydrogens (tertiary/aromatic N) is 2. The minimum Gasteiger partial charge on any atom is -0.292 e. The summed E-state index contributed by atoms with van der Waals surface area (Å²) in [6.07, 6.45) is 0. The van der Waals surface area contributed by atoms with Crippen LogP contribution in [0.1, 0.15) is 25.0 Å². The van der Waals surface area contributed by atoms with Crippen molar-refractivity contribution < 1.29 is 0 Å². The highest BCUT2D eigenvalue weighted by atomic mass is 15.1. The van der Waals surface area contributed by atoms with E-state index in [1.54, 1.807) is 0 Å². The molecule has 0 aliphatic heterocycles. The predicted octanol–water partition coefficient (Wildman–Crippen LogP) is 14.3. The van der Waals surface area contributed by atoms with Gasteiger partial charge < -0.3 is 0 Å². The van der Waals surface area contributed by atoms with Gasteiger partial charge in [0.2, 0.25) is 0 Å². The average molecular weight is 715 g/mol. The molecular weight excluding hydrogens is 677 g/mol. The van der Waals surface area contributed by atoms with E-state index in [0.29, 0.717) is 0 Å². The maximum atomic E-state index is 5.25. The van der Waals surface area contributed by atoms with Crippen LogP contribution in [-0.4, -0.2) is 9.55 Å². The molecule has 0 fully saturated rings. The molecule has 0 N–H and O–H groups in total. The Morgan fingerprint density at radius 2 is 0.964 bits per heavy atom. The van der Waals surface area contributed by atoms with E-state index in [2.05, 4.69) is 213 Å².